The van der Waals surface area contributed by atoms with E-state index in [1.54, 1.807) is 6.92 Å². The van der Waals surface area contributed by atoms with E-state index in [1.165, 1.54) is 5.56 Å². The predicted molar refractivity (Wildman–Crippen MR) is 76.5 cm³/mol. The van der Waals surface area contributed by atoms with E-state index in [4.69, 9.17) is 0 Å². The lowest BCUT2D eigenvalue weighted by molar-refractivity contribution is 0.0469. The Kier molecular flexibility index (Phi) is 4.10. The number of hydrogen-bond acceptors (Lipinski definition) is 3. The summed E-state index contributed by atoms with van der Waals surface area (Å²) >= 11 is 0. The fourth-order valence-corrected chi connectivity index (χ4v) is 2.43. The minimum atomic E-state index is -0.834. The SMILES string of the molecule is CCCC(C)(O)CNC(=O)c1ccc2c(c1)NCC2. The van der Waals surface area contributed by atoms with Crippen molar-refractivity contribution in [2.24, 2.45) is 0 Å². The van der Waals surface area contributed by atoms with Crippen LogP contribution in [0.5, 0.6) is 0 Å². The molecule has 1 unspecified atom stereocenters. The maximum atomic E-state index is 12.0. The Morgan fingerprint density at radius 2 is 2.32 bits per heavy atom. The van der Waals surface area contributed by atoms with Crippen LogP contribution in [0.25, 0.3) is 0 Å². The van der Waals surface area contributed by atoms with E-state index in [0.29, 0.717) is 12.0 Å². The van der Waals surface area contributed by atoms with Crippen molar-refractivity contribution in [3.8, 4) is 0 Å². The molecule has 1 amide bonds. The van der Waals surface area contributed by atoms with Crippen molar-refractivity contribution in [2.75, 3.05) is 18.4 Å². The topological polar surface area (TPSA) is 61.4 Å². The van der Waals surface area contributed by atoms with Crippen LogP contribution in [0.3, 0.4) is 0 Å². The van der Waals surface area contributed by atoms with Crippen molar-refractivity contribution in [1.29, 1.82) is 0 Å². The fraction of sp³-hybridized carbons (Fsp3) is 0.533. The quantitative estimate of drug-likeness (QED) is 0.760. The number of carbonyl (C=O) groups is 1. The zero-order chi connectivity index (χ0) is 13.9. The molecule has 0 aromatic heterocycles. The molecule has 1 heterocycles. The molecule has 104 valence electrons. The first-order valence-corrected chi connectivity index (χ1v) is 6.89. The number of hydrogen-bond donors (Lipinski definition) is 3. The molecule has 0 spiro atoms. The van der Waals surface area contributed by atoms with Crippen LogP contribution < -0.4 is 10.6 Å². The van der Waals surface area contributed by atoms with Crippen LogP contribution >= 0.6 is 0 Å². The molecule has 1 aromatic carbocycles. The summed E-state index contributed by atoms with van der Waals surface area (Å²) in [6.45, 7) is 4.99. The third kappa shape index (κ3) is 3.47. The Bertz CT molecular complexity index is 469. The summed E-state index contributed by atoms with van der Waals surface area (Å²) in [5.74, 6) is -0.132. The van der Waals surface area contributed by atoms with Gasteiger partial charge in [-0.25, -0.2) is 0 Å². The molecule has 0 saturated heterocycles. The highest BCUT2D eigenvalue weighted by Gasteiger charge is 2.20. The Morgan fingerprint density at radius 1 is 1.53 bits per heavy atom. The maximum absolute atomic E-state index is 12.0. The lowest BCUT2D eigenvalue weighted by Crippen LogP contribution is -2.40. The minimum absolute atomic E-state index is 0.132. The molecule has 0 aliphatic carbocycles. The summed E-state index contributed by atoms with van der Waals surface area (Å²) in [7, 11) is 0. The van der Waals surface area contributed by atoms with Gasteiger partial charge in [-0.1, -0.05) is 19.4 Å². The van der Waals surface area contributed by atoms with Gasteiger partial charge in [-0.05, 0) is 37.5 Å². The lowest BCUT2D eigenvalue weighted by Gasteiger charge is -2.23. The van der Waals surface area contributed by atoms with E-state index in [9.17, 15) is 9.90 Å². The number of nitrogens with one attached hydrogen (secondary N) is 2. The highest BCUT2D eigenvalue weighted by molar-refractivity contribution is 5.95. The summed E-state index contributed by atoms with van der Waals surface area (Å²) in [6, 6.07) is 5.72. The first-order chi connectivity index (χ1) is 9.02. The molecule has 19 heavy (non-hydrogen) atoms. The molecule has 1 aliphatic rings. The molecule has 1 aliphatic heterocycles. The zero-order valence-electron chi connectivity index (χ0n) is 11.6. The minimum Gasteiger partial charge on any atom is -0.388 e. The first kappa shape index (κ1) is 13.9. The zero-order valence-corrected chi connectivity index (χ0v) is 11.6. The highest BCUT2D eigenvalue weighted by atomic mass is 16.3. The molecule has 0 bridgehead atoms. The Labute approximate surface area is 114 Å². The van der Waals surface area contributed by atoms with Gasteiger partial charge in [0.05, 0.1) is 5.60 Å². The second-order valence-electron chi connectivity index (χ2n) is 5.48. The maximum Gasteiger partial charge on any atom is 0.251 e. The number of carbonyl (C=O) groups excluding carboxylic acids is 1. The monoisotopic (exact) mass is 262 g/mol. The summed E-state index contributed by atoms with van der Waals surface area (Å²) in [4.78, 5) is 12.0. The van der Waals surface area contributed by atoms with E-state index in [1.807, 2.05) is 25.1 Å². The Hall–Kier alpha value is -1.55. The predicted octanol–water partition coefficient (Wildman–Crippen LogP) is 1.94. The van der Waals surface area contributed by atoms with Gasteiger partial charge in [0.1, 0.15) is 0 Å². The number of rotatable bonds is 5. The largest absolute Gasteiger partial charge is 0.388 e. The van der Waals surface area contributed by atoms with Crippen molar-refractivity contribution in [2.45, 2.75) is 38.7 Å². The first-order valence-electron chi connectivity index (χ1n) is 6.89. The Morgan fingerprint density at radius 3 is 3.05 bits per heavy atom. The van der Waals surface area contributed by atoms with Gasteiger partial charge in [-0.2, -0.15) is 0 Å². The van der Waals surface area contributed by atoms with E-state index < -0.39 is 5.60 Å². The van der Waals surface area contributed by atoms with Crippen LogP contribution in [0.2, 0.25) is 0 Å². The number of aliphatic hydroxyl groups is 1. The average Bonchev–Trinajstić information content (AvgIpc) is 2.83. The summed E-state index contributed by atoms with van der Waals surface area (Å²) < 4.78 is 0. The van der Waals surface area contributed by atoms with Gasteiger partial charge in [0, 0.05) is 24.3 Å². The number of amides is 1. The highest BCUT2D eigenvalue weighted by Crippen LogP contribution is 2.23. The van der Waals surface area contributed by atoms with Crippen molar-refractivity contribution >= 4 is 11.6 Å². The molecular formula is C15H22N2O2. The summed E-state index contributed by atoms with van der Waals surface area (Å²) in [5.41, 5.74) is 2.11. The van der Waals surface area contributed by atoms with Gasteiger partial charge >= 0.3 is 0 Å². The van der Waals surface area contributed by atoms with Gasteiger partial charge in [0.25, 0.3) is 5.91 Å². The van der Waals surface area contributed by atoms with Gasteiger partial charge < -0.3 is 15.7 Å². The van der Waals surface area contributed by atoms with Crippen molar-refractivity contribution in [3.63, 3.8) is 0 Å². The second kappa shape index (κ2) is 5.61. The smallest absolute Gasteiger partial charge is 0.251 e. The summed E-state index contributed by atoms with van der Waals surface area (Å²) in [6.07, 6.45) is 2.59. The van der Waals surface area contributed by atoms with Crippen molar-refractivity contribution in [1.82, 2.24) is 5.32 Å². The van der Waals surface area contributed by atoms with Gasteiger partial charge in [-0.15, -0.1) is 0 Å². The number of anilines is 1. The van der Waals surface area contributed by atoms with Crippen molar-refractivity contribution < 1.29 is 9.90 Å². The third-order valence-electron chi connectivity index (χ3n) is 3.50. The van der Waals surface area contributed by atoms with E-state index >= 15 is 0 Å². The molecule has 0 saturated carbocycles. The molecule has 1 aromatic rings. The Balaban J connectivity index is 1.97. The molecule has 3 N–H and O–H groups in total. The molecular weight excluding hydrogens is 240 g/mol. The fourth-order valence-electron chi connectivity index (χ4n) is 2.43. The van der Waals surface area contributed by atoms with Gasteiger partial charge in [0.15, 0.2) is 0 Å². The van der Waals surface area contributed by atoms with E-state index in [-0.39, 0.29) is 12.5 Å². The van der Waals surface area contributed by atoms with E-state index in [0.717, 1.165) is 25.1 Å². The van der Waals surface area contributed by atoms with E-state index in [2.05, 4.69) is 10.6 Å². The van der Waals surface area contributed by atoms with Gasteiger partial charge in [0.2, 0.25) is 0 Å². The number of fused-ring (bicyclic) bond motifs is 1. The molecule has 0 radical (unpaired) electrons. The second-order valence-corrected chi connectivity index (χ2v) is 5.48. The third-order valence-corrected chi connectivity index (χ3v) is 3.50. The summed E-state index contributed by atoms with van der Waals surface area (Å²) in [5, 5.41) is 16.1. The molecule has 2 rings (SSSR count). The number of benzene rings is 1. The molecule has 4 nitrogen and oxygen atoms in total. The van der Waals surface area contributed by atoms with Crippen LogP contribution in [0.4, 0.5) is 5.69 Å². The van der Waals surface area contributed by atoms with Crippen LogP contribution in [0, 0.1) is 0 Å². The molecule has 1 atom stereocenters. The normalized spacial score (nSPS) is 16.4. The average molecular weight is 262 g/mol. The van der Waals surface area contributed by atoms with Crippen LogP contribution in [-0.4, -0.2) is 29.7 Å². The van der Waals surface area contributed by atoms with Crippen molar-refractivity contribution in [3.05, 3.63) is 29.3 Å². The van der Waals surface area contributed by atoms with Crippen LogP contribution in [0.15, 0.2) is 18.2 Å². The van der Waals surface area contributed by atoms with Crippen LogP contribution in [0.1, 0.15) is 42.6 Å². The van der Waals surface area contributed by atoms with Gasteiger partial charge in [-0.3, -0.25) is 4.79 Å². The molecule has 0 fully saturated rings. The molecule has 4 heteroatoms. The van der Waals surface area contributed by atoms with Crippen LogP contribution in [-0.2, 0) is 6.42 Å². The standard InChI is InChI=1S/C15H22N2O2/c1-3-7-15(2,19)10-17-14(18)12-5-4-11-6-8-16-13(11)9-12/h4-5,9,16,19H,3,6-8,10H2,1-2H3,(H,17,18). The lowest BCUT2D eigenvalue weighted by atomic mass is 10.0.